The van der Waals surface area contributed by atoms with Gasteiger partial charge in [-0.05, 0) is 44.6 Å². The molecule has 1 saturated heterocycles. The number of imidazole rings is 1. The van der Waals surface area contributed by atoms with Gasteiger partial charge in [-0.25, -0.2) is 4.79 Å². The van der Waals surface area contributed by atoms with Crippen molar-refractivity contribution in [2.45, 2.75) is 70.9 Å². The quantitative estimate of drug-likeness (QED) is 0.707. The molecular formula is C20H32N6O2. The van der Waals surface area contributed by atoms with Crippen LogP contribution in [0.5, 0.6) is 6.01 Å². The molecule has 3 heterocycles. The van der Waals surface area contributed by atoms with Gasteiger partial charge in [0.2, 0.25) is 0 Å². The number of aromatic amines is 1. The Morgan fingerprint density at radius 2 is 2.04 bits per heavy atom. The number of nitrogen functional groups attached to an aromatic ring is 1. The van der Waals surface area contributed by atoms with Crippen LogP contribution in [0.2, 0.25) is 0 Å². The molecule has 1 aliphatic carbocycles. The number of aromatic nitrogens is 4. The van der Waals surface area contributed by atoms with Crippen LogP contribution in [0.15, 0.2) is 4.79 Å². The van der Waals surface area contributed by atoms with E-state index in [9.17, 15) is 4.79 Å². The summed E-state index contributed by atoms with van der Waals surface area (Å²) in [5, 5.41) is 0. The van der Waals surface area contributed by atoms with Crippen LogP contribution in [-0.2, 0) is 6.54 Å². The molecule has 1 unspecified atom stereocenters. The van der Waals surface area contributed by atoms with E-state index in [0.717, 1.165) is 31.8 Å². The number of fused-ring (bicyclic) bond motifs is 1. The zero-order valence-electron chi connectivity index (χ0n) is 16.8. The fraction of sp³-hybridized carbons (Fsp3) is 0.750. The Morgan fingerprint density at radius 3 is 2.82 bits per heavy atom. The average molecular weight is 389 g/mol. The molecular weight excluding hydrogens is 356 g/mol. The molecule has 0 spiro atoms. The summed E-state index contributed by atoms with van der Waals surface area (Å²) < 4.78 is 7.36. The van der Waals surface area contributed by atoms with Crippen LogP contribution in [0.3, 0.4) is 0 Å². The standard InChI is InChI=1S/C20H32N6O2/c1-2-3-11-28-19-23-17(21)16-18(24-19)26(20(27)22-16)13-14-7-6-10-25(12-14)15-8-4-5-9-15/h14-15H,2-13H2,1H3,(H,22,27)(H2,21,23,24). The van der Waals surface area contributed by atoms with Crippen molar-refractivity contribution in [2.75, 3.05) is 25.4 Å². The molecule has 0 radical (unpaired) electrons. The molecule has 0 aromatic carbocycles. The highest BCUT2D eigenvalue weighted by atomic mass is 16.5. The first-order valence-corrected chi connectivity index (χ1v) is 10.8. The van der Waals surface area contributed by atoms with Gasteiger partial charge in [-0.1, -0.05) is 26.2 Å². The predicted molar refractivity (Wildman–Crippen MR) is 110 cm³/mol. The number of nitrogens with two attached hydrogens (primary N) is 1. The Hall–Kier alpha value is -2.09. The number of H-pyrrole nitrogens is 1. The summed E-state index contributed by atoms with van der Waals surface area (Å²) in [4.78, 5) is 26.8. The third kappa shape index (κ3) is 4.01. The second-order valence-electron chi connectivity index (χ2n) is 8.27. The van der Waals surface area contributed by atoms with Crippen molar-refractivity contribution in [2.24, 2.45) is 5.92 Å². The van der Waals surface area contributed by atoms with Crippen molar-refractivity contribution in [1.82, 2.24) is 24.4 Å². The van der Waals surface area contributed by atoms with Crippen LogP contribution in [0.4, 0.5) is 5.82 Å². The number of piperidine rings is 1. The number of nitrogens with zero attached hydrogens (tertiary/aromatic N) is 4. The lowest BCUT2D eigenvalue weighted by molar-refractivity contribution is 0.117. The van der Waals surface area contributed by atoms with Crippen molar-refractivity contribution in [3.8, 4) is 6.01 Å². The molecule has 1 atom stereocenters. The Bertz CT molecular complexity index is 854. The van der Waals surface area contributed by atoms with E-state index in [4.69, 9.17) is 10.5 Å². The minimum atomic E-state index is -0.167. The van der Waals surface area contributed by atoms with Crippen molar-refractivity contribution < 1.29 is 4.74 Å². The van der Waals surface area contributed by atoms with Crippen LogP contribution in [0, 0.1) is 5.92 Å². The van der Waals surface area contributed by atoms with Gasteiger partial charge in [0.25, 0.3) is 0 Å². The number of likely N-dealkylation sites (tertiary alicyclic amines) is 1. The van der Waals surface area contributed by atoms with Gasteiger partial charge >= 0.3 is 11.7 Å². The highest BCUT2D eigenvalue weighted by Crippen LogP contribution is 2.29. The number of nitrogens with one attached hydrogen (secondary N) is 1. The molecule has 2 aromatic heterocycles. The molecule has 1 aliphatic heterocycles. The average Bonchev–Trinajstić information content (AvgIpc) is 3.32. The van der Waals surface area contributed by atoms with E-state index < -0.39 is 0 Å². The number of anilines is 1. The molecule has 3 N–H and O–H groups in total. The summed E-state index contributed by atoms with van der Waals surface area (Å²) in [6.07, 6.45) is 9.65. The lowest BCUT2D eigenvalue weighted by Gasteiger charge is -2.36. The molecule has 1 saturated carbocycles. The summed E-state index contributed by atoms with van der Waals surface area (Å²) in [5.41, 5.74) is 6.96. The van der Waals surface area contributed by atoms with E-state index in [1.54, 1.807) is 4.57 Å². The third-order valence-electron chi connectivity index (χ3n) is 6.19. The van der Waals surface area contributed by atoms with E-state index >= 15 is 0 Å². The Kier molecular flexibility index (Phi) is 5.85. The first kappa shape index (κ1) is 19.2. The summed E-state index contributed by atoms with van der Waals surface area (Å²) in [5.74, 6) is 0.718. The van der Waals surface area contributed by atoms with Gasteiger partial charge in [0.05, 0.1) is 6.61 Å². The summed E-state index contributed by atoms with van der Waals surface area (Å²) >= 11 is 0. The molecule has 2 aromatic rings. The number of ether oxygens (including phenoxy) is 1. The predicted octanol–water partition coefficient (Wildman–Crippen LogP) is 2.54. The van der Waals surface area contributed by atoms with Gasteiger partial charge < -0.3 is 20.4 Å². The van der Waals surface area contributed by atoms with Crippen LogP contribution >= 0.6 is 0 Å². The van der Waals surface area contributed by atoms with E-state index in [2.05, 4.69) is 26.8 Å². The SMILES string of the molecule is CCCCOc1nc(N)c2[nH]c(=O)n(CC3CCCN(C4CCCC4)C3)c2n1. The van der Waals surface area contributed by atoms with Gasteiger partial charge in [0.15, 0.2) is 11.5 Å². The second kappa shape index (κ2) is 8.51. The Morgan fingerprint density at radius 1 is 1.21 bits per heavy atom. The third-order valence-corrected chi connectivity index (χ3v) is 6.19. The summed E-state index contributed by atoms with van der Waals surface area (Å²) in [6, 6.07) is 0.987. The highest BCUT2D eigenvalue weighted by Gasteiger charge is 2.29. The lowest BCUT2D eigenvalue weighted by atomic mass is 9.96. The van der Waals surface area contributed by atoms with Crippen molar-refractivity contribution in [1.29, 1.82) is 0 Å². The van der Waals surface area contributed by atoms with Crippen molar-refractivity contribution in [3.63, 3.8) is 0 Å². The number of rotatable bonds is 7. The summed E-state index contributed by atoms with van der Waals surface area (Å²) in [6.45, 7) is 5.56. The summed E-state index contributed by atoms with van der Waals surface area (Å²) in [7, 11) is 0. The maximum Gasteiger partial charge on any atom is 0.327 e. The van der Waals surface area contributed by atoms with E-state index in [1.165, 1.54) is 38.6 Å². The zero-order chi connectivity index (χ0) is 19.5. The van der Waals surface area contributed by atoms with Gasteiger partial charge in [-0.15, -0.1) is 0 Å². The minimum Gasteiger partial charge on any atom is -0.463 e. The maximum atomic E-state index is 12.6. The van der Waals surface area contributed by atoms with E-state index in [1.807, 2.05) is 0 Å². The second-order valence-corrected chi connectivity index (χ2v) is 8.27. The monoisotopic (exact) mass is 388 g/mol. The maximum absolute atomic E-state index is 12.6. The van der Waals surface area contributed by atoms with Crippen LogP contribution in [-0.4, -0.2) is 50.2 Å². The largest absolute Gasteiger partial charge is 0.463 e. The Labute approximate surface area is 165 Å². The van der Waals surface area contributed by atoms with Crippen molar-refractivity contribution in [3.05, 3.63) is 10.5 Å². The van der Waals surface area contributed by atoms with Gasteiger partial charge in [-0.3, -0.25) is 4.57 Å². The zero-order valence-corrected chi connectivity index (χ0v) is 16.8. The van der Waals surface area contributed by atoms with Gasteiger partial charge in [-0.2, -0.15) is 9.97 Å². The molecule has 28 heavy (non-hydrogen) atoms. The normalized spacial score (nSPS) is 21.5. The lowest BCUT2D eigenvalue weighted by Crippen LogP contribution is -2.43. The molecule has 0 amide bonds. The number of hydrogen-bond donors (Lipinski definition) is 2. The number of unbranched alkanes of at least 4 members (excludes halogenated alkanes) is 1. The van der Waals surface area contributed by atoms with E-state index in [0.29, 0.717) is 30.2 Å². The van der Waals surface area contributed by atoms with Crippen LogP contribution in [0.1, 0.15) is 58.3 Å². The first-order chi connectivity index (χ1) is 13.7. The van der Waals surface area contributed by atoms with Crippen molar-refractivity contribution >= 4 is 17.0 Å². The fourth-order valence-corrected chi connectivity index (χ4v) is 4.68. The molecule has 2 fully saturated rings. The molecule has 0 bridgehead atoms. The molecule has 8 heteroatoms. The molecule has 8 nitrogen and oxygen atoms in total. The molecule has 2 aliphatic rings. The fourth-order valence-electron chi connectivity index (χ4n) is 4.68. The minimum absolute atomic E-state index is 0.167. The van der Waals surface area contributed by atoms with E-state index in [-0.39, 0.29) is 17.5 Å². The number of hydrogen-bond acceptors (Lipinski definition) is 6. The molecule has 4 rings (SSSR count). The van der Waals surface area contributed by atoms with Gasteiger partial charge in [0.1, 0.15) is 5.52 Å². The smallest absolute Gasteiger partial charge is 0.327 e. The highest BCUT2D eigenvalue weighted by molar-refractivity contribution is 5.81. The van der Waals surface area contributed by atoms with Gasteiger partial charge in [0, 0.05) is 19.1 Å². The first-order valence-electron chi connectivity index (χ1n) is 10.8. The molecule has 154 valence electrons. The Balaban J connectivity index is 1.53. The topological polar surface area (TPSA) is 102 Å². The van der Waals surface area contributed by atoms with Crippen LogP contribution < -0.4 is 16.2 Å². The van der Waals surface area contributed by atoms with Crippen LogP contribution in [0.25, 0.3) is 11.2 Å².